The Kier molecular flexibility index (Phi) is 2.76. The molecule has 1 aromatic heterocycles. The highest BCUT2D eigenvalue weighted by Gasteiger charge is 2.07. The Morgan fingerprint density at radius 3 is 2.58 bits per heavy atom. The lowest BCUT2D eigenvalue weighted by Crippen LogP contribution is -2.13. The highest BCUT2D eigenvalue weighted by atomic mass is 32.1. The van der Waals surface area contributed by atoms with Crippen molar-refractivity contribution in [1.29, 1.82) is 0 Å². The molecule has 0 aliphatic carbocycles. The van der Waals surface area contributed by atoms with Crippen molar-refractivity contribution in [3.8, 4) is 5.69 Å². The maximum Gasteiger partial charge on any atom is 0.259 e. The zero-order chi connectivity index (χ0) is 13.4. The number of benzene rings is 2. The first kappa shape index (κ1) is 11.8. The second-order valence-corrected chi connectivity index (χ2v) is 4.48. The van der Waals surface area contributed by atoms with Crippen molar-refractivity contribution >= 4 is 23.1 Å². The van der Waals surface area contributed by atoms with Crippen molar-refractivity contribution in [1.82, 2.24) is 9.55 Å². The van der Waals surface area contributed by atoms with Crippen molar-refractivity contribution in [3.05, 3.63) is 69.5 Å². The van der Waals surface area contributed by atoms with E-state index in [0.29, 0.717) is 10.9 Å². The summed E-state index contributed by atoms with van der Waals surface area (Å²) in [5.41, 5.74) is 0.923. The van der Waals surface area contributed by atoms with Gasteiger partial charge in [0.25, 0.3) is 5.56 Å². The number of nitrogens with zero attached hydrogens (tertiary/aromatic N) is 1. The van der Waals surface area contributed by atoms with E-state index >= 15 is 0 Å². The van der Waals surface area contributed by atoms with Gasteiger partial charge in [0, 0.05) is 5.69 Å². The SMILES string of the molecule is O=c1[nH]c(=S)n(-c2ccccc2)c2cc(F)ccc12. The third-order valence-electron chi connectivity index (χ3n) is 2.88. The molecule has 0 saturated heterocycles. The van der Waals surface area contributed by atoms with E-state index in [1.165, 1.54) is 18.2 Å². The average molecular weight is 272 g/mol. The van der Waals surface area contributed by atoms with Crippen LogP contribution in [0.4, 0.5) is 4.39 Å². The molecule has 1 N–H and O–H groups in total. The van der Waals surface area contributed by atoms with E-state index in [2.05, 4.69) is 4.98 Å². The molecule has 0 spiro atoms. The lowest BCUT2D eigenvalue weighted by atomic mass is 10.2. The normalized spacial score (nSPS) is 10.8. The van der Waals surface area contributed by atoms with E-state index in [1.54, 1.807) is 4.57 Å². The van der Waals surface area contributed by atoms with Gasteiger partial charge in [-0.2, -0.15) is 0 Å². The van der Waals surface area contributed by atoms with E-state index in [0.717, 1.165) is 5.69 Å². The Balaban J connectivity index is 2.51. The molecular weight excluding hydrogens is 263 g/mol. The average Bonchev–Trinajstić information content (AvgIpc) is 2.39. The molecule has 3 nitrogen and oxygen atoms in total. The Bertz CT molecular complexity index is 868. The smallest absolute Gasteiger partial charge is 0.259 e. The summed E-state index contributed by atoms with van der Waals surface area (Å²) in [6, 6.07) is 13.3. The maximum atomic E-state index is 13.4. The molecule has 3 rings (SSSR count). The number of aromatic amines is 1. The zero-order valence-corrected chi connectivity index (χ0v) is 10.6. The molecule has 19 heavy (non-hydrogen) atoms. The standard InChI is InChI=1S/C14H9FN2OS/c15-9-6-7-11-12(8-9)17(14(19)16-13(11)18)10-4-2-1-3-5-10/h1-8H,(H,16,18,19). The number of hydrogen-bond donors (Lipinski definition) is 1. The lowest BCUT2D eigenvalue weighted by molar-refractivity contribution is 0.629. The molecule has 94 valence electrons. The van der Waals surface area contributed by atoms with Crippen LogP contribution in [0.15, 0.2) is 53.3 Å². The molecule has 0 saturated carbocycles. The molecular formula is C14H9FN2OS. The monoisotopic (exact) mass is 272 g/mol. The molecule has 0 aliphatic rings. The molecule has 0 bridgehead atoms. The summed E-state index contributed by atoms with van der Waals surface area (Å²) < 4.78 is 15.3. The van der Waals surface area contributed by atoms with Crippen molar-refractivity contribution < 1.29 is 4.39 Å². The van der Waals surface area contributed by atoms with Crippen molar-refractivity contribution in [2.24, 2.45) is 0 Å². The predicted molar refractivity (Wildman–Crippen MR) is 74.7 cm³/mol. The number of nitrogens with one attached hydrogen (secondary N) is 1. The third kappa shape index (κ3) is 1.98. The first-order valence-corrected chi connectivity index (χ1v) is 6.08. The molecule has 0 amide bonds. The van der Waals surface area contributed by atoms with Crippen LogP contribution in [0.5, 0.6) is 0 Å². The van der Waals surface area contributed by atoms with Crippen molar-refractivity contribution in [2.45, 2.75) is 0 Å². The van der Waals surface area contributed by atoms with Crippen molar-refractivity contribution in [3.63, 3.8) is 0 Å². The van der Waals surface area contributed by atoms with Crippen LogP contribution in [0.25, 0.3) is 16.6 Å². The number of rotatable bonds is 1. The molecule has 0 unspecified atom stereocenters. The second-order valence-electron chi connectivity index (χ2n) is 4.09. The number of aromatic nitrogens is 2. The Hall–Kier alpha value is -2.27. The molecule has 0 fully saturated rings. The first-order valence-electron chi connectivity index (χ1n) is 5.67. The van der Waals surface area contributed by atoms with Gasteiger partial charge in [0.05, 0.1) is 10.9 Å². The summed E-state index contributed by atoms with van der Waals surface area (Å²) >= 11 is 5.18. The Morgan fingerprint density at radius 1 is 1.11 bits per heavy atom. The van der Waals surface area contributed by atoms with E-state index in [4.69, 9.17) is 12.2 Å². The second kappa shape index (κ2) is 4.44. The summed E-state index contributed by atoms with van der Waals surface area (Å²) in [5, 5.41) is 0.402. The highest BCUT2D eigenvalue weighted by Crippen LogP contribution is 2.17. The van der Waals surface area contributed by atoms with Gasteiger partial charge in [0.1, 0.15) is 5.82 Å². The first-order chi connectivity index (χ1) is 9.16. The van der Waals surface area contributed by atoms with Crippen LogP contribution in [0.1, 0.15) is 0 Å². The Morgan fingerprint density at radius 2 is 1.84 bits per heavy atom. The molecule has 0 radical (unpaired) electrons. The summed E-state index contributed by atoms with van der Waals surface area (Å²) in [6.07, 6.45) is 0. The fourth-order valence-corrected chi connectivity index (χ4v) is 2.34. The van der Waals surface area contributed by atoms with E-state index < -0.39 is 5.82 Å². The predicted octanol–water partition coefficient (Wildman–Crippen LogP) is 3.19. The molecule has 0 aliphatic heterocycles. The van der Waals surface area contributed by atoms with Crippen molar-refractivity contribution in [2.75, 3.05) is 0 Å². The van der Waals surface area contributed by atoms with Gasteiger partial charge in [-0.3, -0.25) is 14.3 Å². The minimum atomic E-state index is -0.405. The summed E-state index contributed by atoms with van der Waals surface area (Å²) in [4.78, 5) is 14.4. The van der Waals surface area contributed by atoms with Crippen LogP contribution >= 0.6 is 12.2 Å². The fourth-order valence-electron chi connectivity index (χ4n) is 2.04. The van der Waals surface area contributed by atoms with Gasteiger partial charge in [-0.25, -0.2) is 4.39 Å². The van der Waals surface area contributed by atoms with Gasteiger partial charge in [-0.05, 0) is 42.5 Å². The van der Waals surface area contributed by atoms with Gasteiger partial charge in [0.15, 0.2) is 4.77 Å². The Labute approximate surface area is 113 Å². The van der Waals surface area contributed by atoms with Gasteiger partial charge < -0.3 is 0 Å². The van der Waals surface area contributed by atoms with Crippen LogP contribution in [0, 0.1) is 10.6 Å². The number of H-pyrrole nitrogens is 1. The van der Waals surface area contributed by atoms with Crippen LogP contribution in [0.3, 0.4) is 0 Å². The molecule has 5 heteroatoms. The number of fused-ring (bicyclic) bond motifs is 1. The highest BCUT2D eigenvalue weighted by molar-refractivity contribution is 7.71. The largest absolute Gasteiger partial charge is 0.298 e. The number of halogens is 1. The van der Waals surface area contributed by atoms with E-state index in [1.807, 2.05) is 30.3 Å². The van der Waals surface area contributed by atoms with Crippen LogP contribution in [0.2, 0.25) is 0 Å². The van der Waals surface area contributed by atoms with Gasteiger partial charge in [-0.15, -0.1) is 0 Å². The van der Waals surface area contributed by atoms with Gasteiger partial charge in [-0.1, -0.05) is 18.2 Å². The van der Waals surface area contributed by atoms with Crippen LogP contribution in [-0.2, 0) is 0 Å². The molecule has 1 heterocycles. The van der Waals surface area contributed by atoms with Crippen LogP contribution in [-0.4, -0.2) is 9.55 Å². The van der Waals surface area contributed by atoms with Crippen LogP contribution < -0.4 is 5.56 Å². The summed E-state index contributed by atoms with van der Waals surface area (Å²) in [5.74, 6) is -0.405. The maximum absolute atomic E-state index is 13.4. The van der Waals surface area contributed by atoms with Gasteiger partial charge in [0.2, 0.25) is 0 Å². The fraction of sp³-hybridized carbons (Fsp3) is 0. The summed E-state index contributed by atoms with van der Waals surface area (Å²) in [6.45, 7) is 0. The number of hydrogen-bond acceptors (Lipinski definition) is 2. The van der Waals surface area contributed by atoms with E-state index in [-0.39, 0.29) is 10.3 Å². The summed E-state index contributed by atoms with van der Waals surface area (Å²) in [7, 11) is 0. The minimum Gasteiger partial charge on any atom is -0.298 e. The molecule has 2 aromatic carbocycles. The molecule has 0 atom stereocenters. The quantitative estimate of drug-likeness (QED) is 0.691. The zero-order valence-electron chi connectivity index (χ0n) is 9.76. The van der Waals surface area contributed by atoms with Gasteiger partial charge >= 0.3 is 0 Å². The number of para-hydroxylation sites is 1. The van der Waals surface area contributed by atoms with E-state index in [9.17, 15) is 9.18 Å². The topological polar surface area (TPSA) is 37.8 Å². The third-order valence-corrected chi connectivity index (χ3v) is 3.17. The molecule has 3 aromatic rings. The minimum absolute atomic E-state index is 0.245. The lowest BCUT2D eigenvalue weighted by Gasteiger charge is -2.10.